The molecule has 5 amide bonds. The molecule has 300 valence electrons. The van der Waals surface area contributed by atoms with E-state index in [2.05, 4.69) is 29.8 Å². The first-order chi connectivity index (χ1) is 27.9. The molecule has 0 aliphatic carbocycles. The second kappa shape index (κ2) is 14.5. The summed E-state index contributed by atoms with van der Waals surface area (Å²) in [5.74, 6) is -1.70. The highest BCUT2D eigenvalue weighted by Crippen LogP contribution is 2.42. The predicted molar refractivity (Wildman–Crippen MR) is 214 cm³/mol. The smallest absolute Gasteiger partial charge is 0.272 e. The number of aromatic nitrogens is 1. The Morgan fingerprint density at radius 3 is 2.19 bits per heavy atom. The van der Waals surface area contributed by atoms with Crippen molar-refractivity contribution in [2.24, 2.45) is 5.41 Å². The summed E-state index contributed by atoms with van der Waals surface area (Å²) in [6.07, 6.45) is 4.97. The first-order valence-electron chi connectivity index (χ1n) is 20.2. The van der Waals surface area contributed by atoms with Gasteiger partial charge in [0.05, 0.1) is 29.9 Å². The molecule has 58 heavy (non-hydrogen) atoms. The summed E-state index contributed by atoms with van der Waals surface area (Å²) < 4.78 is 16.0. The van der Waals surface area contributed by atoms with E-state index in [-0.39, 0.29) is 48.4 Å². The highest BCUT2D eigenvalue weighted by atomic mass is 19.1. The molecule has 1 spiro atoms. The Kier molecular flexibility index (Phi) is 9.42. The third kappa shape index (κ3) is 6.82. The molecule has 1 N–H and O–H groups in total. The number of likely N-dealkylation sites (tertiary alicyclic amines) is 1. The van der Waals surface area contributed by atoms with E-state index in [4.69, 9.17) is 6.57 Å². The zero-order chi connectivity index (χ0) is 40.3. The van der Waals surface area contributed by atoms with Gasteiger partial charge in [-0.25, -0.2) is 4.39 Å². The molecule has 2 aromatic carbocycles. The summed E-state index contributed by atoms with van der Waals surface area (Å²) in [6.45, 7) is 16.0. The minimum atomic E-state index is -1.42. The number of carbonyl (C=O) groups excluding carboxylic acids is 5. The lowest BCUT2D eigenvalue weighted by atomic mass is 9.77. The number of benzene rings is 2. The van der Waals surface area contributed by atoms with Gasteiger partial charge < -0.3 is 24.4 Å². The van der Waals surface area contributed by atoms with Crippen molar-refractivity contribution in [2.45, 2.75) is 50.7 Å². The lowest BCUT2D eigenvalue weighted by molar-refractivity contribution is -0.136. The lowest BCUT2D eigenvalue weighted by Gasteiger charge is -2.49. The van der Waals surface area contributed by atoms with Crippen LogP contribution in [0.5, 0.6) is 0 Å². The van der Waals surface area contributed by atoms with Crippen molar-refractivity contribution in [3.05, 3.63) is 88.4 Å². The Hall–Kier alpha value is -5.88. The van der Waals surface area contributed by atoms with Crippen LogP contribution in [0.3, 0.4) is 0 Å². The molecular formula is C43H46FN9O5. The van der Waals surface area contributed by atoms with E-state index < -0.39 is 35.3 Å². The van der Waals surface area contributed by atoms with Crippen molar-refractivity contribution < 1.29 is 28.4 Å². The van der Waals surface area contributed by atoms with Gasteiger partial charge in [-0.15, -0.1) is 4.98 Å². The van der Waals surface area contributed by atoms with E-state index in [0.29, 0.717) is 36.7 Å². The molecular weight excluding hydrogens is 742 g/mol. The summed E-state index contributed by atoms with van der Waals surface area (Å²) in [5, 5.41) is 2.20. The highest BCUT2D eigenvalue weighted by Gasteiger charge is 2.48. The van der Waals surface area contributed by atoms with Crippen LogP contribution < -0.4 is 20.0 Å². The highest BCUT2D eigenvalue weighted by molar-refractivity contribution is 6.23. The number of rotatable bonds is 7. The number of pyridine rings is 1. The fourth-order valence-corrected chi connectivity index (χ4v) is 9.74. The van der Waals surface area contributed by atoms with Crippen LogP contribution in [0.15, 0.2) is 54.7 Å². The van der Waals surface area contributed by atoms with Crippen LogP contribution >= 0.6 is 0 Å². The molecule has 6 aliphatic rings. The monoisotopic (exact) mass is 787 g/mol. The number of nitrogens with zero attached hydrogens (tertiary/aromatic N) is 8. The number of piperazine rings is 1. The standard InChI is InChI=1S/C43H46FN9O5/c1-28-21-32(23-46-37(28)45-2)49-14-11-42(12-15-49)13-16-51(24-42)39(56)29-3-5-30(6-4-29)50-19-17-48(18-20-50)25-43(44)26-52(27-43)31-7-8-33-34(22-31)41(58)53(40(33)57)35-9-10-36(54)47-38(35)55/h3-8,21-23,35H,9-20,24-27H2,1H3,(H,47,54,55). The molecule has 15 heteroatoms. The second-order valence-electron chi connectivity index (χ2n) is 16.9. The van der Waals surface area contributed by atoms with Crippen LogP contribution in [0.2, 0.25) is 0 Å². The van der Waals surface area contributed by atoms with Crippen LogP contribution in [0, 0.1) is 18.9 Å². The van der Waals surface area contributed by atoms with E-state index in [1.165, 1.54) is 0 Å². The summed E-state index contributed by atoms with van der Waals surface area (Å²) in [6, 6.07) is 13.8. The maximum absolute atomic E-state index is 16.0. The van der Waals surface area contributed by atoms with E-state index >= 15 is 4.39 Å². The number of hydrogen-bond acceptors (Lipinski definition) is 10. The molecule has 1 atom stereocenters. The van der Waals surface area contributed by atoms with Gasteiger partial charge >= 0.3 is 0 Å². The van der Waals surface area contributed by atoms with Crippen molar-refractivity contribution in [3.8, 4) is 0 Å². The molecule has 1 aromatic heterocycles. The number of carbonyl (C=O) groups is 5. The first kappa shape index (κ1) is 37.7. The zero-order valence-electron chi connectivity index (χ0n) is 32.6. The van der Waals surface area contributed by atoms with Crippen molar-refractivity contribution >= 4 is 52.4 Å². The van der Waals surface area contributed by atoms with Crippen LogP contribution in [0.4, 0.5) is 27.3 Å². The molecule has 0 radical (unpaired) electrons. The molecule has 5 saturated heterocycles. The number of hydrogen-bond donors (Lipinski definition) is 1. The molecule has 1 unspecified atom stereocenters. The van der Waals surface area contributed by atoms with Crippen molar-refractivity contribution in [1.82, 2.24) is 25.0 Å². The normalized spacial score (nSPS) is 22.9. The van der Waals surface area contributed by atoms with E-state index in [0.717, 1.165) is 80.4 Å². The van der Waals surface area contributed by atoms with Gasteiger partial charge in [-0.2, -0.15) is 0 Å². The van der Waals surface area contributed by atoms with E-state index in [9.17, 15) is 24.0 Å². The predicted octanol–water partition coefficient (Wildman–Crippen LogP) is 3.83. The Labute approximate surface area is 336 Å². The number of amides is 5. The second-order valence-corrected chi connectivity index (χ2v) is 16.9. The molecule has 14 nitrogen and oxygen atoms in total. The van der Waals surface area contributed by atoms with Crippen molar-refractivity contribution in [1.29, 1.82) is 0 Å². The maximum Gasteiger partial charge on any atom is 0.272 e. The van der Waals surface area contributed by atoms with Crippen molar-refractivity contribution in [3.63, 3.8) is 0 Å². The largest absolute Gasteiger partial charge is 0.369 e. The minimum Gasteiger partial charge on any atom is -0.369 e. The van der Waals surface area contributed by atoms with Gasteiger partial charge in [-0.05, 0) is 92.1 Å². The minimum absolute atomic E-state index is 0.0513. The Morgan fingerprint density at radius 1 is 0.828 bits per heavy atom. The zero-order valence-corrected chi connectivity index (χ0v) is 32.6. The lowest BCUT2D eigenvalue weighted by Crippen LogP contribution is -2.65. The first-order valence-corrected chi connectivity index (χ1v) is 20.2. The molecule has 9 rings (SSSR count). The number of anilines is 3. The summed E-state index contributed by atoms with van der Waals surface area (Å²) in [7, 11) is 0. The van der Waals surface area contributed by atoms with Crippen molar-refractivity contribution in [2.75, 3.05) is 86.7 Å². The van der Waals surface area contributed by atoms with Crippen LogP contribution in [-0.2, 0) is 9.59 Å². The number of fused-ring (bicyclic) bond motifs is 1. The fourth-order valence-electron chi connectivity index (χ4n) is 9.74. The van der Waals surface area contributed by atoms with Gasteiger partial charge in [0.2, 0.25) is 11.8 Å². The average Bonchev–Trinajstić information content (AvgIpc) is 3.74. The van der Waals surface area contributed by atoms with Crippen LogP contribution in [0.1, 0.15) is 68.7 Å². The molecule has 3 aromatic rings. The van der Waals surface area contributed by atoms with Crippen LogP contribution in [-0.4, -0.2) is 133 Å². The topological polar surface area (TPSA) is 134 Å². The number of piperidine rings is 2. The van der Waals surface area contributed by atoms with E-state index in [1.807, 2.05) is 47.1 Å². The molecule has 0 bridgehead atoms. The molecule has 5 fully saturated rings. The Balaban J connectivity index is 0.733. The van der Waals surface area contributed by atoms with Gasteiger partial charge in [0.15, 0.2) is 5.67 Å². The Bertz CT molecular complexity index is 2240. The number of aryl methyl sites for hydroxylation is 1. The van der Waals surface area contributed by atoms with Gasteiger partial charge in [0.25, 0.3) is 23.5 Å². The summed E-state index contributed by atoms with van der Waals surface area (Å²) in [5.41, 5.74) is 3.43. The number of halogens is 1. The van der Waals surface area contributed by atoms with Gasteiger partial charge in [-0.1, -0.05) is 6.57 Å². The van der Waals surface area contributed by atoms with Gasteiger partial charge in [-0.3, -0.25) is 39.1 Å². The fraction of sp³-hybridized carbons (Fsp3) is 0.465. The van der Waals surface area contributed by atoms with Gasteiger partial charge in [0.1, 0.15) is 12.2 Å². The quantitative estimate of drug-likeness (QED) is 0.279. The maximum atomic E-state index is 16.0. The number of nitrogens with one attached hydrogen (secondary N) is 1. The number of imide groups is 2. The van der Waals surface area contributed by atoms with Crippen LogP contribution in [0.25, 0.3) is 4.85 Å². The third-order valence-electron chi connectivity index (χ3n) is 13.2. The average molecular weight is 788 g/mol. The molecule has 6 aliphatic heterocycles. The Morgan fingerprint density at radius 2 is 1.50 bits per heavy atom. The van der Waals surface area contributed by atoms with Gasteiger partial charge in [0, 0.05) is 82.3 Å². The molecule has 7 heterocycles. The number of alkyl halides is 1. The third-order valence-corrected chi connectivity index (χ3v) is 13.2. The SMILES string of the molecule is [C-]#[N+]c1ncc(N2CCC3(CCN(C(=O)c4ccc(N5CCN(CC6(F)CN(c7ccc8c(c7)C(=O)N(C7CCC(=O)NC7=O)C8=O)C6)CC5)cc4)C3)CC2)cc1C. The molecule has 0 saturated carbocycles. The summed E-state index contributed by atoms with van der Waals surface area (Å²) >= 11 is 0. The van der Waals surface area contributed by atoms with E-state index in [1.54, 1.807) is 24.4 Å². The summed E-state index contributed by atoms with van der Waals surface area (Å²) in [4.78, 5) is 83.3.